The minimum absolute atomic E-state index is 0.191. The van der Waals surface area contributed by atoms with Gasteiger partial charge in [-0.15, -0.1) is 0 Å². The third kappa shape index (κ3) is 3.33. The molecule has 0 radical (unpaired) electrons. The standard InChI is InChI=1S/C26H26FN7O/c1-35-25-9-21-20(2-5-28-24(21)10-23(25)27)22-13-31-34-15-19(12-30-26(22)34)32-6-3-17(4-7-32)33-14-16-8-18(33)11-29-16/h2,5,8-10,12-13,15-17,29H,3-4,6-7,11,14H2,1H3/t16-/m1/s1. The summed E-state index contributed by atoms with van der Waals surface area (Å²) >= 11 is 0. The fourth-order valence-electron chi connectivity index (χ4n) is 5.81. The van der Waals surface area contributed by atoms with Crippen LogP contribution >= 0.6 is 0 Å². The second-order valence-corrected chi connectivity index (χ2v) is 9.52. The Morgan fingerprint density at radius 3 is 2.77 bits per heavy atom. The van der Waals surface area contributed by atoms with E-state index in [0.717, 1.165) is 66.9 Å². The van der Waals surface area contributed by atoms with Gasteiger partial charge in [-0.2, -0.15) is 5.10 Å². The molecule has 0 spiro atoms. The lowest BCUT2D eigenvalue weighted by atomic mass is 10.0. The van der Waals surface area contributed by atoms with E-state index in [1.165, 1.54) is 18.9 Å². The van der Waals surface area contributed by atoms with E-state index in [0.29, 0.717) is 17.6 Å². The first-order chi connectivity index (χ1) is 17.2. The molecule has 3 aromatic heterocycles. The quantitative estimate of drug-likeness (QED) is 0.490. The van der Waals surface area contributed by atoms with Gasteiger partial charge in [0, 0.05) is 67.2 Å². The molecule has 6 heterocycles. The number of pyridine rings is 1. The fourth-order valence-corrected chi connectivity index (χ4v) is 5.81. The maximum Gasteiger partial charge on any atom is 0.167 e. The Hall–Kier alpha value is -3.72. The topological polar surface area (TPSA) is 70.8 Å². The van der Waals surface area contributed by atoms with Gasteiger partial charge >= 0.3 is 0 Å². The fraction of sp³-hybridized carbons (Fsp3) is 0.346. The molecule has 3 aliphatic rings. The SMILES string of the molecule is COc1cc2c(-c3cnn4cc(N5CCC(N6C[C@H]7C=C6CN7)CC5)cnc34)ccnc2cc1F. The molecule has 1 saturated heterocycles. The molecule has 2 bridgehead atoms. The Bertz CT molecular complexity index is 1470. The van der Waals surface area contributed by atoms with Crippen LogP contribution in [0.25, 0.3) is 27.7 Å². The zero-order valence-electron chi connectivity index (χ0n) is 19.5. The minimum atomic E-state index is -0.429. The molecule has 1 fully saturated rings. The molecular formula is C26H26FN7O. The number of methoxy groups -OCH3 is 1. The first-order valence-corrected chi connectivity index (χ1v) is 12.1. The van der Waals surface area contributed by atoms with Gasteiger partial charge in [0.25, 0.3) is 0 Å². The van der Waals surface area contributed by atoms with Crippen LogP contribution in [-0.2, 0) is 0 Å². The van der Waals surface area contributed by atoms with Crippen LogP contribution in [0.3, 0.4) is 0 Å². The molecule has 3 aliphatic heterocycles. The Kier molecular flexibility index (Phi) is 4.66. The number of nitrogens with one attached hydrogen (secondary N) is 1. The van der Waals surface area contributed by atoms with Crippen molar-refractivity contribution in [3.63, 3.8) is 0 Å². The van der Waals surface area contributed by atoms with E-state index in [-0.39, 0.29) is 5.75 Å². The van der Waals surface area contributed by atoms with Crippen LogP contribution in [0.15, 0.2) is 54.8 Å². The molecule has 9 heteroatoms. The largest absolute Gasteiger partial charge is 0.494 e. The summed E-state index contributed by atoms with van der Waals surface area (Å²) in [5.74, 6) is -0.238. The van der Waals surface area contributed by atoms with Gasteiger partial charge in [0.15, 0.2) is 17.2 Å². The third-order valence-electron chi connectivity index (χ3n) is 7.62. The van der Waals surface area contributed by atoms with Gasteiger partial charge < -0.3 is 19.9 Å². The van der Waals surface area contributed by atoms with Crippen LogP contribution in [0.5, 0.6) is 5.75 Å². The van der Waals surface area contributed by atoms with Crippen molar-refractivity contribution in [2.45, 2.75) is 24.9 Å². The summed E-state index contributed by atoms with van der Waals surface area (Å²) in [5, 5.41) is 8.92. The zero-order valence-corrected chi connectivity index (χ0v) is 19.5. The van der Waals surface area contributed by atoms with Gasteiger partial charge in [-0.3, -0.25) is 4.98 Å². The molecule has 1 N–H and O–H groups in total. The molecule has 1 aromatic carbocycles. The summed E-state index contributed by atoms with van der Waals surface area (Å²) in [6.07, 6.45) is 12.2. The molecule has 8 nitrogen and oxygen atoms in total. The summed E-state index contributed by atoms with van der Waals surface area (Å²) < 4.78 is 21.2. The zero-order chi connectivity index (χ0) is 23.5. The van der Waals surface area contributed by atoms with Gasteiger partial charge in [0.2, 0.25) is 0 Å². The lowest BCUT2D eigenvalue weighted by Gasteiger charge is -2.41. The number of anilines is 1. The summed E-state index contributed by atoms with van der Waals surface area (Å²) in [5.41, 5.74) is 5.65. The Morgan fingerprint density at radius 2 is 2.00 bits per heavy atom. The Morgan fingerprint density at radius 1 is 1.11 bits per heavy atom. The normalized spacial score (nSPS) is 20.3. The van der Waals surface area contributed by atoms with E-state index in [1.54, 1.807) is 12.3 Å². The predicted octanol–water partition coefficient (Wildman–Crippen LogP) is 3.23. The summed E-state index contributed by atoms with van der Waals surface area (Å²) in [6, 6.07) is 6.17. The molecular weight excluding hydrogens is 445 g/mol. The van der Waals surface area contributed by atoms with E-state index >= 15 is 0 Å². The van der Waals surface area contributed by atoms with Crippen LogP contribution in [0.2, 0.25) is 0 Å². The van der Waals surface area contributed by atoms with Gasteiger partial charge in [-0.05, 0) is 36.6 Å². The molecule has 178 valence electrons. The first-order valence-electron chi connectivity index (χ1n) is 12.1. The number of piperazine rings is 1. The predicted molar refractivity (Wildman–Crippen MR) is 132 cm³/mol. The summed E-state index contributed by atoms with van der Waals surface area (Å²) in [4.78, 5) is 14.1. The number of rotatable bonds is 4. The molecule has 0 aliphatic carbocycles. The van der Waals surface area contributed by atoms with Crippen molar-refractivity contribution in [3.8, 4) is 16.9 Å². The first kappa shape index (κ1) is 20.6. The lowest BCUT2D eigenvalue weighted by molar-refractivity contribution is 0.203. The van der Waals surface area contributed by atoms with E-state index in [1.807, 2.05) is 23.0 Å². The number of aromatic nitrogens is 4. The van der Waals surface area contributed by atoms with Crippen molar-refractivity contribution in [3.05, 3.63) is 60.6 Å². The molecule has 7 rings (SSSR count). The number of piperidine rings is 1. The van der Waals surface area contributed by atoms with Gasteiger partial charge in [-0.25, -0.2) is 13.9 Å². The second kappa shape index (κ2) is 7.91. The van der Waals surface area contributed by atoms with Crippen LogP contribution < -0.4 is 15.0 Å². The Labute approximate surface area is 202 Å². The Balaban J connectivity index is 1.16. The molecule has 0 unspecified atom stereocenters. The van der Waals surface area contributed by atoms with E-state index in [4.69, 9.17) is 9.72 Å². The maximum atomic E-state index is 14.2. The monoisotopic (exact) mass is 471 g/mol. The van der Waals surface area contributed by atoms with Crippen molar-refractivity contribution >= 4 is 22.2 Å². The molecule has 35 heavy (non-hydrogen) atoms. The number of hydrogen-bond donors (Lipinski definition) is 1. The number of benzene rings is 1. The summed E-state index contributed by atoms with van der Waals surface area (Å²) in [6.45, 7) is 4.15. The van der Waals surface area contributed by atoms with Crippen molar-refractivity contribution in [1.29, 1.82) is 0 Å². The highest BCUT2D eigenvalue weighted by molar-refractivity contribution is 5.98. The number of halogens is 1. The third-order valence-corrected chi connectivity index (χ3v) is 7.62. The van der Waals surface area contributed by atoms with Gasteiger partial charge in [0.1, 0.15) is 0 Å². The lowest BCUT2D eigenvalue weighted by Crippen LogP contribution is -2.49. The molecule has 1 atom stereocenters. The second-order valence-electron chi connectivity index (χ2n) is 9.52. The maximum absolute atomic E-state index is 14.2. The van der Waals surface area contributed by atoms with Crippen LogP contribution in [0.1, 0.15) is 12.8 Å². The van der Waals surface area contributed by atoms with Crippen LogP contribution in [0.4, 0.5) is 10.1 Å². The number of nitrogens with zero attached hydrogens (tertiary/aromatic N) is 6. The number of hydrogen-bond acceptors (Lipinski definition) is 7. The van der Waals surface area contributed by atoms with E-state index in [2.05, 4.69) is 37.5 Å². The smallest absolute Gasteiger partial charge is 0.167 e. The molecule has 0 amide bonds. The van der Waals surface area contributed by atoms with Crippen molar-refractivity contribution in [2.24, 2.45) is 0 Å². The number of ether oxygens (including phenoxy) is 1. The number of fused-ring (bicyclic) bond motifs is 3. The van der Waals surface area contributed by atoms with Crippen molar-refractivity contribution < 1.29 is 9.13 Å². The van der Waals surface area contributed by atoms with Gasteiger partial charge in [0.05, 0.1) is 36.9 Å². The van der Waals surface area contributed by atoms with Crippen LogP contribution in [0, 0.1) is 5.82 Å². The average Bonchev–Trinajstić information content (AvgIpc) is 3.64. The highest BCUT2D eigenvalue weighted by Crippen LogP contribution is 2.34. The van der Waals surface area contributed by atoms with Crippen molar-refractivity contribution in [1.82, 2.24) is 29.8 Å². The average molecular weight is 472 g/mol. The summed E-state index contributed by atoms with van der Waals surface area (Å²) in [7, 11) is 1.46. The van der Waals surface area contributed by atoms with Crippen molar-refractivity contribution in [2.75, 3.05) is 38.2 Å². The van der Waals surface area contributed by atoms with E-state index in [9.17, 15) is 4.39 Å². The minimum Gasteiger partial charge on any atom is -0.494 e. The molecule has 0 saturated carbocycles. The highest BCUT2D eigenvalue weighted by atomic mass is 19.1. The van der Waals surface area contributed by atoms with Crippen LogP contribution in [-0.4, -0.2) is 69.9 Å². The molecule has 4 aromatic rings. The van der Waals surface area contributed by atoms with E-state index < -0.39 is 5.82 Å². The highest BCUT2D eigenvalue weighted by Gasteiger charge is 2.35. The van der Waals surface area contributed by atoms with Gasteiger partial charge in [-0.1, -0.05) is 0 Å².